The third-order valence-corrected chi connectivity index (χ3v) is 4.60. The van der Waals surface area contributed by atoms with Crippen LogP contribution in [0.5, 0.6) is 0 Å². The van der Waals surface area contributed by atoms with E-state index in [1.165, 1.54) is 0 Å². The van der Waals surface area contributed by atoms with Gasteiger partial charge < -0.3 is 15.1 Å². The topological polar surface area (TPSA) is 65.5 Å². The Morgan fingerprint density at radius 3 is 2.71 bits per heavy atom. The number of hydrogen-bond donors (Lipinski definition) is 1. The Bertz CT molecular complexity index is 583. The van der Waals surface area contributed by atoms with E-state index in [4.69, 9.17) is 0 Å². The van der Waals surface area contributed by atoms with Crippen molar-refractivity contribution in [3.8, 4) is 0 Å². The number of rotatable bonds is 5. The van der Waals surface area contributed by atoms with Gasteiger partial charge in [-0.15, -0.1) is 0 Å². The first-order valence-electron chi connectivity index (χ1n) is 8.97. The second-order valence-corrected chi connectivity index (χ2v) is 6.60. The van der Waals surface area contributed by atoms with E-state index in [1.807, 2.05) is 24.0 Å². The molecule has 24 heavy (non-hydrogen) atoms. The first-order valence-corrected chi connectivity index (χ1v) is 8.97. The van der Waals surface area contributed by atoms with Crippen LogP contribution in [0, 0.1) is 5.92 Å². The smallest absolute Gasteiger partial charge is 0.252 e. The van der Waals surface area contributed by atoms with Crippen LogP contribution in [0.25, 0.3) is 0 Å². The lowest BCUT2D eigenvalue weighted by atomic mass is 10.2. The second kappa shape index (κ2) is 7.64. The van der Waals surface area contributed by atoms with Crippen molar-refractivity contribution in [2.24, 2.45) is 5.92 Å². The molecule has 2 heterocycles. The molecule has 0 radical (unpaired) electrons. The Kier molecular flexibility index (Phi) is 5.33. The molecule has 1 aromatic heterocycles. The molecule has 2 fully saturated rings. The number of hydrogen-bond acceptors (Lipinski definition) is 4. The molecule has 3 rings (SSSR count). The summed E-state index contributed by atoms with van der Waals surface area (Å²) in [7, 11) is 0. The molecule has 0 unspecified atom stereocenters. The molecule has 1 aromatic rings. The highest BCUT2D eigenvalue weighted by molar-refractivity contribution is 5.94. The van der Waals surface area contributed by atoms with Gasteiger partial charge in [0.2, 0.25) is 5.91 Å². The zero-order valence-electron chi connectivity index (χ0n) is 14.3. The van der Waals surface area contributed by atoms with Crippen molar-refractivity contribution in [1.29, 1.82) is 0 Å². The number of carbonyl (C=O) groups excluding carboxylic acids is 2. The van der Waals surface area contributed by atoms with Gasteiger partial charge in [0.15, 0.2) is 0 Å². The lowest BCUT2D eigenvalue weighted by Gasteiger charge is -2.23. The normalized spacial score (nSPS) is 18.2. The van der Waals surface area contributed by atoms with Crippen molar-refractivity contribution in [3.63, 3.8) is 0 Å². The van der Waals surface area contributed by atoms with Crippen LogP contribution < -0.4 is 10.2 Å². The molecule has 0 aromatic carbocycles. The van der Waals surface area contributed by atoms with E-state index >= 15 is 0 Å². The zero-order chi connectivity index (χ0) is 16.9. The molecule has 2 amide bonds. The molecule has 2 aliphatic rings. The average molecular weight is 330 g/mol. The fraction of sp³-hybridized carbons (Fsp3) is 0.611. The van der Waals surface area contributed by atoms with Crippen molar-refractivity contribution in [1.82, 2.24) is 15.2 Å². The number of carbonyl (C=O) groups is 2. The van der Waals surface area contributed by atoms with Crippen LogP contribution in [0.1, 0.15) is 43.0 Å². The SMILES string of the molecule is CCCNC(=O)c1ccc(N2CCCN(C(=O)C3CC3)CC2)nc1. The summed E-state index contributed by atoms with van der Waals surface area (Å²) < 4.78 is 0. The minimum absolute atomic E-state index is 0.0760. The van der Waals surface area contributed by atoms with E-state index in [1.54, 1.807) is 6.20 Å². The monoisotopic (exact) mass is 330 g/mol. The van der Waals surface area contributed by atoms with Gasteiger partial charge in [0.1, 0.15) is 5.82 Å². The van der Waals surface area contributed by atoms with Crippen LogP contribution in [-0.4, -0.2) is 54.4 Å². The van der Waals surface area contributed by atoms with Crippen molar-refractivity contribution in [2.45, 2.75) is 32.6 Å². The highest BCUT2D eigenvalue weighted by atomic mass is 16.2. The highest BCUT2D eigenvalue weighted by Gasteiger charge is 2.33. The van der Waals surface area contributed by atoms with Crippen LogP contribution in [0.15, 0.2) is 18.3 Å². The molecule has 1 N–H and O–H groups in total. The van der Waals surface area contributed by atoms with Gasteiger partial charge in [0, 0.05) is 44.8 Å². The van der Waals surface area contributed by atoms with Gasteiger partial charge >= 0.3 is 0 Å². The van der Waals surface area contributed by atoms with E-state index in [0.29, 0.717) is 18.0 Å². The number of amides is 2. The summed E-state index contributed by atoms with van der Waals surface area (Å²) >= 11 is 0. The minimum atomic E-state index is -0.0760. The Labute approximate surface area is 143 Å². The number of anilines is 1. The lowest BCUT2D eigenvalue weighted by molar-refractivity contribution is -0.132. The largest absolute Gasteiger partial charge is 0.355 e. The van der Waals surface area contributed by atoms with Gasteiger partial charge in [0.25, 0.3) is 5.91 Å². The summed E-state index contributed by atoms with van der Waals surface area (Å²) in [6.07, 6.45) is 5.63. The second-order valence-electron chi connectivity index (χ2n) is 6.60. The molecule has 0 bridgehead atoms. The fourth-order valence-corrected chi connectivity index (χ4v) is 3.00. The van der Waals surface area contributed by atoms with Crippen molar-refractivity contribution >= 4 is 17.6 Å². The first-order chi connectivity index (χ1) is 11.7. The number of pyridine rings is 1. The third kappa shape index (κ3) is 4.04. The molecule has 1 saturated carbocycles. The summed E-state index contributed by atoms with van der Waals surface area (Å²) in [5.41, 5.74) is 0.590. The quantitative estimate of drug-likeness (QED) is 0.892. The van der Waals surface area contributed by atoms with Crippen molar-refractivity contribution in [2.75, 3.05) is 37.6 Å². The maximum atomic E-state index is 12.2. The maximum absolute atomic E-state index is 12.2. The molecule has 1 aliphatic carbocycles. The van der Waals surface area contributed by atoms with Crippen LogP contribution in [-0.2, 0) is 4.79 Å². The maximum Gasteiger partial charge on any atom is 0.252 e. The van der Waals surface area contributed by atoms with Crippen molar-refractivity contribution < 1.29 is 9.59 Å². The van der Waals surface area contributed by atoms with Gasteiger partial charge in [-0.2, -0.15) is 0 Å². The number of nitrogens with one attached hydrogen (secondary N) is 1. The molecule has 6 nitrogen and oxygen atoms in total. The molecule has 1 aliphatic heterocycles. The summed E-state index contributed by atoms with van der Waals surface area (Å²) in [4.78, 5) is 32.8. The van der Waals surface area contributed by atoms with E-state index in [9.17, 15) is 9.59 Å². The van der Waals surface area contributed by atoms with E-state index in [0.717, 1.165) is 57.7 Å². The third-order valence-electron chi connectivity index (χ3n) is 4.60. The van der Waals surface area contributed by atoms with E-state index in [2.05, 4.69) is 15.2 Å². The van der Waals surface area contributed by atoms with Gasteiger partial charge in [-0.05, 0) is 37.8 Å². The van der Waals surface area contributed by atoms with E-state index in [-0.39, 0.29) is 11.8 Å². The predicted molar refractivity (Wildman–Crippen MR) is 93.0 cm³/mol. The summed E-state index contributed by atoms with van der Waals surface area (Å²) in [6, 6.07) is 3.73. The predicted octanol–water partition coefficient (Wildman–Crippen LogP) is 1.67. The standard InChI is InChI=1S/C18H26N4O2/c1-2-8-19-17(23)15-6-7-16(20-13-15)21-9-3-10-22(12-11-21)18(24)14-4-5-14/h6-7,13-14H,2-5,8-12H2,1H3,(H,19,23). The molecule has 6 heteroatoms. The van der Waals surface area contributed by atoms with E-state index < -0.39 is 0 Å². The Morgan fingerprint density at radius 1 is 1.21 bits per heavy atom. The van der Waals surface area contributed by atoms with Gasteiger partial charge in [-0.3, -0.25) is 9.59 Å². The minimum Gasteiger partial charge on any atom is -0.355 e. The summed E-state index contributed by atoms with van der Waals surface area (Å²) in [6.45, 7) is 5.99. The Hall–Kier alpha value is -2.11. The van der Waals surface area contributed by atoms with Gasteiger partial charge in [-0.1, -0.05) is 6.92 Å². The Morgan fingerprint density at radius 2 is 2.04 bits per heavy atom. The molecule has 0 spiro atoms. The molecular formula is C18H26N4O2. The molecule has 0 atom stereocenters. The van der Waals surface area contributed by atoms with Gasteiger partial charge in [0.05, 0.1) is 5.56 Å². The Balaban J connectivity index is 1.58. The first kappa shape index (κ1) is 16.7. The van der Waals surface area contributed by atoms with Gasteiger partial charge in [-0.25, -0.2) is 4.98 Å². The zero-order valence-corrected chi connectivity index (χ0v) is 14.3. The molecular weight excluding hydrogens is 304 g/mol. The fourth-order valence-electron chi connectivity index (χ4n) is 3.00. The highest BCUT2D eigenvalue weighted by Crippen LogP contribution is 2.31. The number of nitrogens with zero attached hydrogens (tertiary/aromatic N) is 3. The molecule has 1 saturated heterocycles. The van der Waals surface area contributed by atoms with Crippen molar-refractivity contribution in [3.05, 3.63) is 23.9 Å². The lowest BCUT2D eigenvalue weighted by Crippen LogP contribution is -2.36. The van der Waals surface area contributed by atoms with Crippen LogP contribution >= 0.6 is 0 Å². The molecule has 130 valence electrons. The van der Waals surface area contributed by atoms with Crippen LogP contribution in [0.2, 0.25) is 0 Å². The number of aromatic nitrogens is 1. The van der Waals surface area contributed by atoms with Crippen LogP contribution in [0.3, 0.4) is 0 Å². The summed E-state index contributed by atoms with van der Waals surface area (Å²) in [5.74, 6) is 1.42. The summed E-state index contributed by atoms with van der Waals surface area (Å²) in [5, 5.41) is 2.86. The average Bonchev–Trinajstić information content (AvgIpc) is 3.45. The van der Waals surface area contributed by atoms with Crippen LogP contribution in [0.4, 0.5) is 5.82 Å².